The molecule has 12 nitrogen and oxygen atoms in total. The fourth-order valence-corrected chi connectivity index (χ4v) is 4.02. The maximum absolute atomic E-state index is 13.6. The van der Waals surface area contributed by atoms with E-state index >= 15 is 0 Å². The molecule has 1 fully saturated rings. The first kappa shape index (κ1) is 21.7. The molecule has 14 heteroatoms. The molecular formula is C17H20FN6O6P. The molecule has 0 saturated carbocycles. The standard InChI is InChI=1S/C17H20FN6O6P/c18-17-22-14(19)11-15(23-17)24(8-20-11)16-13(26)12(25)10(30-16)7-29-31(27,28)21-6-9-4-2-1-3-5-9/h1-5,8,10,12-13,16,25-26H,6-7H2,(H2,19,22,23)(H2,21,27,28)/t10-,12-,13+,16+/m0/s1. The molecule has 6 N–H and O–H groups in total. The number of nitrogens with one attached hydrogen (secondary N) is 1. The Labute approximate surface area is 175 Å². The van der Waals surface area contributed by atoms with Gasteiger partial charge in [0.05, 0.1) is 12.9 Å². The van der Waals surface area contributed by atoms with Crippen LogP contribution in [0.25, 0.3) is 11.2 Å². The summed E-state index contributed by atoms with van der Waals surface area (Å²) in [5.74, 6) is -0.195. The molecule has 1 aromatic carbocycles. The SMILES string of the molecule is Nc1nc(F)nc2c1ncn2[C@@H]1O[C@@H](COP(=O)(O)NCc2ccccc2)[C@H](O)[C@H]1O. The topological polar surface area (TPSA) is 178 Å². The van der Waals surface area contributed by atoms with Gasteiger partial charge < -0.3 is 25.6 Å². The average Bonchev–Trinajstić information content (AvgIpc) is 3.27. The summed E-state index contributed by atoms with van der Waals surface area (Å²) in [5.41, 5.74) is 6.44. The number of halogens is 1. The minimum absolute atomic E-state index is 0.0415. The third-order valence-electron chi connectivity index (χ3n) is 4.77. The van der Waals surface area contributed by atoms with Crippen LogP contribution in [0.5, 0.6) is 0 Å². The number of hydrogen-bond acceptors (Lipinski definition) is 9. The van der Waals surface area contributed by atoms with Crippen molar-refractivity contribution in [2.75, 3.05) is 12.3 Å². The van der Waals surface area contributed by atoms with E-state index in [1.807, 2.05) is 6.07 Å². The Hall–Kier alpha value is -2.51. The number of anilines is 1. The molecule has 1 aliphatic heterocycles. The minimum Gasteiger partial charge on any atom is -0.387 e. The molecule has 0 aliphatic carbocycles. The highest BCUT2D eigenvalue weighted by molar-refractivity contribution is 7.50. The molecule has 0 amide bonds. The number of fused-ring (bicyclic) bond motifs is 1. The van der Waals surface area contributed by atoms with Crippen molar-refractivity contribution >= 4 is 24.7 Å². The zero-order valence-corrected chi connectivity index (χ0v) is 16.8. The van der Waals surface area contributed by atoms with Crippen molar-refractivity contribution < 1.29 is 33.3 Å². The molecule has 166 valence electrons. The second-order valence-electron chi connectivity index (χ2n) is 6.88. The molecule has 0 bridgehead atoms. The van der Waals surface area contributed by atoms with Gasteiger partial charge in [-0.15, -0.1) is 0 Å². The molecule has 3 aromatic rings. The number of aromatic nitrogens is 4. The molecular weight excluding hydrogens is 434 g/mol. The first-order chi connectivity index (χ1) is 14.7. The molecule has 1 aliphatic rings. The van der Waals surface area contributed by atoms with Crippen LogP contribution in [0.15, 0.2) is 36.7 Å². The van der Waals surface area contributed by atoms with Crippen LogP contribution in [0, 0.1) is 6.08 Å². The lowest BCUT2D eigenvalue weighted by Gasteiger charge is -2.18. The lowest BCUT2D eigenvalue weighted by atomic mass is 10.1. The van der Waals surface area contributed by atoms with E-state index in [0.29, 0.717) is 0 Å². The van der Waals surface area contributed by atoms with Gasteiger partial charge >= 0.3 is 13.8 Å². The quantitative estimate of drug-likeness (QED) is 0.241. The van der Waals surface area contributed by atoms with Crippen LogP contribution in [-0.4, -0.2) is 59.5 Å². The number of benzene rings is 1. The van der Waals surface area contributed by atoms with E-state index < -0.39 is 45.0 Å². The van der Waals surface area contributed by atoms with Gasteiger partial charge in [-0.1, -0.05) is 30.3 Å². The van der Waals surface area contributed by atoms with E-state index in [0.717, 1.165) is 5.56 Å². The molecule has 3 heterocycles. The zero-order valence-electron chi connectivity index (χ0n) is 15.9. The minimum atomic E-state index is -4.22. The van der Waals surface area contributed by atoms with Crippen molar-refractivity contribution in [2.24, 2.45) is 0 Å². The number of nitrogens with zero attached hydrogens (tertiary/aromatic N) is 4. The predicted molar refractivity (Wildman–Crippen MR) is 105 cm³/mol. The number of aliphatic hydroxyl groups excluding tert-OH is 2. The highest BCUT2D eigenvalue weighted by Crippen LogP contribution is 2.39. The zero-order chi connectivity index (χ0) is 22.2. The summed E-state index contributed by atoms with van der Waals surface area (Å²) in [7, 11) is -4.22. The van der Waals surface area contributed by atoms with Crippen molar-refractivity contribution in [3.05, 3.63) is 48.3 Å². The molecule has 1 unspecified atom stereocenters. The molecule has 0 radical (unpaired) electrons. The van der Waals surface area contributed by atoms with Gasteiger partial charge in [-0.05, 0) is 5.56 Å². The van der Waals surface area contributed by atoms with E-state index in [2.05, 4.69) is 20.0 Å². The van der Waals surface area contributed by atoms with Gasteiger partial charge in [0.15, 0.2) is 23.2 Å². The normalized spacial score (nSPS) is 25.7. The van der Waals surface area contributed by atoms with E-state index in [4.69, 9.17) is 15.0 Å². The second-order valence-corrected chi connectivity index (χ2v) is 8.50. The van der Waals surface area contributed by atoms with E-state index in [9.17, 15) is 24.1 Å². The van der Waals surface area contributed by atoms with Gasteiger partial charge in [0.2, 0.25) is 0 Å². The lowest BCUT2D eigenvalue weighted by Crippen LogP contribution is -2.34. The van der Waals surface area contributed by atoms with Crippen LogP contribution in [-0.2, 0) is 20.4 Å². The van der Waals surface area contributed by atoms with Gasteiger partial charge in [-0.25, -0.2) is 14.6 Å². The van der Waals surface area contributed by atoms with Crippen LogP contribution < -0.4 is 10.8 Å². The molecule has 2 aromatic heterocycles. The second kappa shape index (κ2) is 8.55. The van der Waals surface area contributed by atoms with Gasteiger partial charge in [-0.3, -0.25) is 9.09 Å². The third kappa shape index (κ3) is 4.57. The van der Waals surface area contributed by atoms with Crippen molar-refractivity contribution in [1.29, 1.82) is 0 Å². The van der Waals surface area contributed by atoms with Crippen molar-refractivity contribution in [3.63, 3.8) is 0 Å². The van der Waals surface area contributed by atoms with Gasteiger partial charge in [0, 0.05) is 6.54 Å². The summed E-state index contributed by atoms with van der Waals surface area (Å²) >= 11 is 0. The Kier molecular flexibility index (Phi) is 5.99. The predicted octanol–water partition coefficient (Wildman–Crippen LogP) is 0.0736. The third-order valence-corrected chi connectivity index (χ3v) is 5.83. The fourth-order valence-electron chi connectivity index (χ4n) is 3.20. The molecule has 0 spiro atoms. The van der Waals surface area contributed by atoms with Crippen LogP contribution in [0.4, 0.5) is 10.2 Å². The monoisotopic (exact) mass is 454 g/mol. The number of imidazole rings is 1. The van der Waals surface area contributed by atoms with E-state index in [-0.39, 0.29) is 23.5 Å². The fraction of sp³-hybridized carbons (Fsp3) is 0.353. The average molecular weight is 454 g/mol. The largest absolute Gasteiger partial charge is 0.403 e. The van der Waals surface area contributed by atoms with Crippen LogP contribution >= 0.6 is 7.75 Å². The van der Waals surface area contributed by atoms with Crippen molar-refractivity contribution in [2.45, 2.75) is 31.1 Å². The summed E-state index contributed by atoms with van der Waals surface area (Å²) in [4.78, 5) is 20.9. The summed E-state index contributed by atoms with van der Waals surface area (Å²) in [6.07, 6.45) is -5.18. The van der Waals surface area contributed by atoms with Gasteiger partial charge in [-0.2, -0.15) is 14.4 Å². The maximum Gasteiger partial charge on any atom is 0.403 e. The number of nitrogens with two attached hydrogens (primary N) is 1. The van der Waals surface area contributed by atoms with Crippen LogP contribution in [0.2, 0.25) is 0 Å². The number of hydrogen-bond donors (Lipinski definition) is 5. The molecule has 31 heavy (non-hydrogen) atoms. The Balaban J connectivity index is 1.43. The molecule has 1 saturated heterocycles. The highest BCUT2D eigenvalue weighted by Gasteiger charge is 2.45. The summed E-state index contributed by atoms with van der Waals surface area (Å²) in [6, 6.07) is 8.93. The van der Waals surface area contributed by atoms with E-state index in [1.54, 1.807) is 24.3 Å². The summed E-state index contributed by atoms with van der Waals surface area (Å²) in [5, 5.41) is 23.1. The van der Waals surface area contributed by atoms with Crippen molar-refractivity contribution in [1.82, 2.24) is 24.6 Å². The Morgan fingerprint density at radius 1 is 1.26 bits per heavy atom. The number of aliphatic hydroxyl groups is 2. The Morgan fingerprint density at radius 3 is 2.74 bits per heavy atom. The number of rotatable bonds is 7. The van der Waals surface area contributed by atoms with Gasteiger partial charge in [0.25, 0.3) is 0 Å². The lowest BCUT2D eigenvalue weighted by molar-refractivity contribution is -0.0488. The van der Waals surface area contributed by atoms with Gasteiger partial charge in [0.1, 0.15) is 18.3 Å². The summed E-state index contributed by atoms with van der Waals surface area (Å²) < 4.78 is 37.6. The Bertz CT molecular complexity index is 1120. The molecule has 4 rings (SSSR count). The van der Waals surface area contributed by atoms with E-state index in [1.165, 1.54) is 10.9 Å². The number of ether oxygens (including phenoxy) is 1. The molecule has 5 atom stereocenters. The first-order valence-corrected chi connectivity index (χ1v) is 10.8. The number of nitrogen functional groups attached to an aromatic ring is 1. The van der Waals surface area contributed by atoms with Crippen molar-refractivity contribution in [3.8, 4) is 0 Å². The smallest absolute Gasteiger partial charge is 0.387 e. The van der Waals surface area contributed by atoms with Crippen LogP contribution in [0.3, 0.4) is 0 Å². The highest BCUT2D eigenvalue weighted by atomic mass is 31.2. The first-order valence-electron chi connectivity index (χ1n) is 9.19. The van der Waals surface area contributed by atoms with Crippen LogP contribution in [0.1, 0.15) is 11.8 Å². The Morgan fingerprint density at radius 2 is 2.00 bits per heavy atom. The maximum atomic E-state index is 13.6. The summed E-state index contributed by atoms with van der Waals surface area (Å²) in [6.45, 7) is -0.413.